The van der Waals surface area contributed by atoms with Crippen LogP contribution in [0.15, 0.2) is 54.6 Å². The van der Waals surface area contributed by atoms with Crippen molar-refractivity contribution in [2.24, 2.45) is 0 Å². The molecule has 1 heterocycles. The largest absolute Gasteiger partial charge is 0.332 e. The molecule has 1 aliphatic heterocycles. The van der Waals surface area contributed by atoms with Gasteiger partial charge in [-0.2, -0.15) is 0 Å². The summed E-state index contributed by atoms with van der Waals surface area (Å²) in [7, 11) is 0. The lowest BCUT2D eigenvalue weighted by Crippen LogP contribution is -2.36. The Balaban J connectivity index is 1.73. The van der Waals surface area contributed by atoms with Gasteiger partial charge < -0.3 is 4.90 Å². The lowest BCUT2D eigenvalue weighted by atomic mass is 10.1. The lowest BCUT2D eigenvalue weighted by Gasteiger charge is -2.27. The molecule has 0 aromatic heterocycles. The number of carbonyl (C=O) groups is 1. The molecule has 1 saturated heterocycles. The molecule has 0 radical (unpaired) electrons. The van der Waals surface area contributed by atoms with Gasteiger partial charge in [0.05, 0.1) is 4.58 Å². The minimum atomic E-state index is 0.106. The molecule has 4 heteroatoms. The van der Waals surface area contributed by atoms with E-state index in [-0.39, 0.29) is 11.9 Å². The Labute approximate surface area is 159 Å². The zero-order valence-electron chi connectivity index (χ0n) is 14.9. The molecule has 2 nitrogen and oxygen atoms in total. The second kappa shape index (κ2) is 8.81. The third-order valence-electron chi connectivity index (χ3n) is 4.34. The fourth-order valence-electron chi connectivity index (χ4n) is 2.90. The third-order valence-corrected chi connectivity index (χ3v) is 7.35. The molecule has 0 saturated carbocycles. The first kappa shape index (κ1) is 18.4. The molecule has 0 unspecified atom stereocenters. The molecular formula is C21H25NOS2. The molecule has 1 aliphatic rings. The molecule has 0 aliphatic carbocycles. The fourth-order valence-corrected chi connectivity index (χ4v) is 5.79. The summed E-state index contributed by atoms with van der Waals surface area (Å²) in [5.74, 6) is 2.57. The van der Waals surface area contributed by atoms with E-state index in [2.05, 4.69) is 38.1 Å². The van der Waals surface area contributed by atoms with Gasteiger partial charge in [-0.15, -0.1) is 23.5 Å². The number of nitrogens with zero attached hydrogens (tertiary/aromatic N) is 1. The predicted molar refractivity (Wildman–Crippen MR) is 110 cm³/mol. The molecule has 132 valence electrons. The zero-order valence-corrected chi connectivity index (χ0v) is 16.5. The van der Waals surface area contributed by atoms with Crippen molar-refractivity contribution in [3.05, 3.63) is 71.3 Å². The Morgan fingerprint density at radius 1 is 1.04 bits per heavy atom. The molecule has 2 aromatic carbocycles. The maximum Gasteiger partial charge on any atom is 0.254 e. The summed E-state index contributed by atoms with van der Waals surface area (Å²) in [6.07, 6.45) is 1.30. The van der Waals surface area contributed by atoms with Gasteiger partial charge in [-0.25, -0.2) is 0 Å². The van der Waals surface area contributed by atoms with Gasteiger partial charge in [-0.3, -0.25) is 4.79 Å². The van der Waals surface area contributed by atoms with Crippen LogP contribution in [0.25, 0.3) is 0 Å². The average Bonchev–Trinajstić information content (AvgIpc) is 2.67. The van der Waals surface area contributed by atoms with Crippen molar-refractivity contribution in [3.8, 4) is 0 Å². The highest BCUT2D eigenvalue weighted by Gasteiger charge is 2.21. The van der Waals surface area contributed by atoms with E-state index in [4.69, 9.17) is 0 Å². The van der Waals surface area contributed by atoms with Crippen LogP contribution in [0.1, 0.15) is 46.3 Å². The van der Waals surface area contributed by atoms with Crippen molar-refractivity contribution in [2.45, 2.75) is 37.4 Å². The minimum absolute atomic E-state index is 0.106. The van der Waals surface area contributed by atoms with Crippen LogP contribution in [0, 0.1) is 0 Å². The van der Waals surface area contributed by atoms with Crippen LogP contribution in [-0.2, 0) is 6.54 Å². The summed E-state index contributed by atoms with van der Waals surface area (Å²) in [4.78, 5) is 14.9. The maximum absolute atomic E-state index is 13.0. The van der Waals surface area contributed by atoms with Crippen molar-refractivity contribution in [1.29, 1.82) is 0 Å². The topological polar surface area (TPSA) is 20.3 Å². The predicted octanol–water partition coefficient (Wildman–Crippen LogP) is 5.61. The van der Waals surface area contributed by atoms with Gasteiger partial charge in [0.15, 0.2) is 0 Å². The summed E-state index contributed by atoms with van der Waals surface area (Å²) >= 11 is 4.02. The molecule has 25 heavy (non-hydrogen) atoms. The Hall–Kier alpha value is -1.39. The first-order chi connectivity index (χ1) is 12.1. The third kappa shape index (κ3) is 4.83. The van der Waals surface area contributed by atoms with E-state index in [1.165, 1.54) is 23.5 Å². The van der Waals surface area contributed by atoms with Crippen LogP contribution in [-0.4, -0.2) is 28.4 Å². The molecule has 0 bridgehead atoms. The molecule has 0 N–H and O–H groups in total. The van der Waals surface area contributed by atoms with E-state index < -0.39 is 0 Å². The second-order valence-corrected chi connectivity index (χ2v) is 9.29. The van der Waals surface area contributed by atoms with E-state index in [1.54, 1.807) is 0 Å². The van der Waals surface area contributed by atoms with E-state index >= 15 is 0 Å². The Morgan fingerprint density at radius 2 is 1.68 bits per heavy atom. The molecule has 2 aromatic rings. The van der Waals surface area contributed by atoms with Crippen molar-refractivity contribution < 1.29 is 4.79 Å². The molecule has 0 atom stereocenters. The number of benzene rings is 2. The van der Waals surface area contributed by atoms with Crippen LogP contribution in [0.2, 0.25) is 0 Å². The Kier molecular flexibility index (Phi) is 6.49. The maximum atomic E-state index is 13.0. The summed E-state index contributed by atoms with van der Waals surface area (Å²) in [6, 6.07) is 18.6. The normalized spacial score (nSPS) is 15.3. The minimum Gasteiger partial charge on any atom is -0.332 e. The first-order valence-electron chi connectivity index (χ1n) is 8.83. The standard InChI is InChI=1S/C21H25NOS2/c1-16(2)22(15-17-7-4-3-5-8-17)20(23)18-9-11-19(12-10-18)21-24-13-6-14-25-21/h3-5,7-12,16,21H,6,13-15H2,1-2H3. The SMILES string of the molecule is CC(C)N(Cc1ccccc1)C(=O)c1ccc(C2SCCCS2)cc1. The molecular weight excluding hydrogens is 346 g/mol. The summed E-state index contributed by atoms with van der Waals surface area (Å²) in [5.41, 5.74) is 3.26. The highest BCUT2D eigenvalue weighted by Crippen LogP contribution is 2.43. The summed E-state index contributed by atoms with van der Waals surface area (Å²) < 4.78 is 0.517. The number of thioether (sulfide) groups is 2. The fraction of sp³-hybridized carbons (Fsp3) is 0.381. The van der Waals surface area contributed by atoms with Crippen molar-refractivity contribution in [1.82, 2.24) is 4.90 Å². The van der Waals surface area contributed by atoms with Crippen LogP contribution < -0.4 is 0 Å². The smallest absolute Gasteiger partial charge is 0.254 e. The molecule has 1 amide bonds. The monoisotopic (exact) mass is 371 g/mol. The number of carbonyl (C=O) groups excluding carboxylic acids is 1. The van der Waals surface area contributed by atoms with Crippen LogP contribution >= 0.6 is 23.5 Å². The van der Waals surface area contributed by atoms with Crippen molar-refractivity contribution >= 4 is 29.4 Å². The lowest BCUT2D eigenvalue weighted by molar-refractivity contribution is 0.0690. The van der Waals surface area contributed by atoms with Crippen molar-refractivity contribution in [3.63, 3.8) is 0 Å². The Bertz CT molecular complexity index is 679. The number of hydrogen-bond donors (Lipinski definition) is 0. The van der Waals surface area contributed by atoms with Crippen LogP contribution in [0.5, 0.6) is 0 Å². The summed E-state index contributed by atoms with van der Waals surface area (Å²) in [5, 5.41) is 0. The molecule has 3 rings (SSSR count). The van der Waals surface area contributed by atoms with E-state index in [1.807, 2.05) is 58.8 Å². The summed E-state index contributed by atoms with van der Waals surface area (Å²) in [6.45, 7) is 4.79. The van der Waals surface area contributed by atoms with E-state index in [0.717, 1.165) is 11.1 Å². The first-order valence-corrected chi connectivity index (χ1v) is 10.9. The quantitative estimate of drug-likeness (QED) is 0.682. The van der Waals surface area contributed by atoms with Gasteiger partial charge in [0, 0.05) is 18.2 Å². The van der Waals surface area contributed by atoms with Gasteiger partial charge >= 0.3 is 0 Å². The average molecular weight is 372 g/mol. The van der Waals surface area contributed by atoms with Crippen LogP contribution in [0.4, 0.5) is 0 Å². The number of rotatable bonds is 5. The van der Waals surface area contributed by atoms with E-state index in [0.29, 0.717) is 11.1 Å². The van der Waals surface area contributed by atoms with Gasteiger partial charge in [0.1, 0.15) is 0 Å². The number of amides is 1. The van der Waals surface area contributed by atoms with E-state index in [9.17, 15) is 4.79 Å². The van der Waals surface area contributed by atoms with Crippen LogP contribution in [0.3, 0.4) is 0 Å². The van der Waals surface area contributed by atoms with Gasteiger partial charge in [-0.1, -0.05) is 42.5 Å². The number of hydrogen-bond acceptors (Lipinski definition) is 3. The molecule has 1 fully saturated rings. The highest BCUT2D eigenvalue weighted by molar-refractivity contribution is 8.16. The second-order valence-electron chi connectivity index (χ2n) is 6.56. The zero-order chi connectivity index (χ0) is 17.6. The molecule has 0 spiro atoms. The highest BCUT2D eigenvalue weighted by atomic mass is 32.2. The van der Waals surface area contributed by atoms with Gasteiger partial charge in [-0.05, 0) is 55.0 Å². The van der Waals surface area contributed by atoms with Gasteiger partial charge in [0.2, 0.25) is 0 Å². The van der Waals surface area contributed by atoms with Crippen molar-refractivity contribution in [2.75, 3.05) is 11.5 Å². The Morgan fingerprint density at radius 3 is 2.28 bits per heavy atom. The van der Waals surface area contributed by atoms with Gasteiger partial charge in [0.25, 0.3) is 5.91 Å².